The number of hydrogen-bond donors (Lipinski definition) is 1. The summed E-state index contributed by atoms with van der Waals surface area (Å²) in [6, 6.07) is 13.2. The van der Waals surface area contributed by atoms with Gasteiger partial charge in [0.1, 0.15) is 17.7 Å². The first-order valence-corrected chi connectivity index (χ1v) is 9.16. The Morgan fingerprint density at radius 1 is 1.19 bits per heavy atom. The van der Waals surface area contributed by atoms with Crippen LogP contribution in [0, 0.1) is 12.3 Å². The number of nitrogens with one attached hydrogen (secondary N) is 1. The minimum Gasteiger partial charge on any atom is -0.493 e. The van der Waals surface area contributed by atoms with Crippen LogP contribution in [0.4, 0.5) is 0 Å². The topological polar surface area (TPSA) is 39.7 Å². The number of methoxy groups -OCH3 is 2. The van der Waals surface area contributed by atoms with Crippen LogP contribution >= 0.6 is 23.8 Å². The van der Waals surface area contributed by atoms with Crippen LogP contribution in [0.1, 0.15) is 17.2 Å². The second-order valence-electron chi connectivity index (χ2n) is 5.69. The van der Waals surface area contributed by atoms with Gasteiger partial charge in [-0.1, -0.05) is 47.9 Å². The predicted octanol–water partition coefficient (Wildman–Crippen LogP) is 4.21. The Bertz CT molecular complexity index is 802. The molecule has 1 atom stereocenters. The van der Waals surface area contributed by atoms with Crippen LogP contribution < -0.4 is 14.8 Å². The molecular weight excluding hydrogens is 382 g/mol. The normalized spacial score (nSPS) is 11.3. The Balaban J connectivity index is 1.93. The van der Waals surface area contributed by atoms with Crippen molar-refractivity contribution < 1.29 is 14.2 Å². The SMILES string of the molecule is C#CCOc1ccc(CCNC(=S)C(OC)c2ccc(Cl)cc2)cc1OC. The van der Waals surface area contributed by atoms with Crippen molar-refractivity contribution in [3.05, 3.63) is 58.6 Å². The van der Waals surface area contributed by atoms with E-state index in [9.17, 15) is 0 Å². The predicted molar refractivity (Wildman–Crippen MR) is 113 cm³/mol. The zero-order valence-corrected chi connectivity index (χ0v) is 16.9. The lowest BCUT2D eigenvalue weighted by molar-refractivity contribution is 0.157. The largest absolute Gasteiger partial charge is 0.493 e. The third-order valence-electron chi connectivity index (χ3n) is 3.90. The van der Waals surface area contributed by atoms with E-state index in [1.165, 1.54) is 0 Å². The number of rotatable bonds is 9. The van der Waals surface area contributed by atoms with E-state index >= 15 is 0 Å². The van der Waals surface area contributed by atoms with E-state index in [2.05, 4.69) is 11.2 Å². The second-order valence-corrected chi connectivity index (χ2v) is 6.56. The van der Waals surface area contributed by atoms with Crippen LogP contribution in [0.5, 0.6) is 11.5 Å². The van der Waals surface area contributed by atoms with Crippen LogP contribution in [0.2, 0.25) is 5.02 Å². The van der Waals surface area contributed by atoms with Gasteiger partial charge in [0.05, 0.1) is 7.11 Å². The highest BCUT2D eigenvalue weighted by molar-refractivity contribution is 7.80. The average molecular weight is 404 g/mol. The molecular formula is C21H22ClNO3S. The summed E-state index contributed by atoms with van der Waals surface area (Å²) in [6.07, 6.45) is 5.68. The molecule has 142 valence electrons. The highest BCUT2D eigenvalue weighted by Gasteiger charge is 2.16. The molecule has 1 N–H and O–H groups in total. The number of terminal acetylenes is 1. The average Bonchev–Trinajstić information content (AvgIpc) is 2.68. The third kappa shape index (κ3) is 6.14. The van der Waals surface area contributed by atoms with Crippen molar-refractivity contribution in [2.24, 2.45) is 0 Å². The van der Waals surface area contributed by atoms with E-state index in [0.717, 1.165) is 17.5 Å². The molecule has 0 radical (unpaired) electrons. The maximum Gasteiger partial charge on any atom is 0.162 e. The molecule has 0 aromatic heterocycles. The fourth-order valence-corrected chi connectivity index (χ4v) is 3.02. The molecule has 2 aromatic rings. The first-order valence-electron chi connectivity index (χ1n) is 8.38. The van der Waals surface area contributed by atoms with Crippen molar-refractivity contribution in [3.8, 4) is 23.8 Å². The van der Waals surface area contributed by atoms with Crippen LogP contribution in [0.25, 0.3) is 0 Å². The molecule has 0 saturated carbocycles. The van der Waals surface area contributed by atoms with Gasteiger partial charge in [0.25, 0.3) is 0 Å². The number of thiocarbonyl (C=S) groups is 1. The summed E-state index contributed by atoms with van der Waals surface area (Å²) in [5.41, 5.74) is 2.05. The molecule has 0 amide bonds. The minimum atomic E-state index is -0.314. The zero-order valence-electron chi connectivity index (χ0n) is 15.3. The van der Waals surface area contributed by atoms with Gasteiger partial charge >= 0.3 is 0 Å². The van der Waals surface area contributed by atoms with Crippen molar-refractivity contribution >= 4 is 28.8 Å². The van der Waals surface area contributed by atoms with Gasteiger partial charge in [-0.15, -0.1) is 6.42 Å². The number of benzene rings is 2. The van der Waals surface area contributed by atoms with E-state index < -0.39 is 0 Å². The molecule has 2 rings (SSSR count). The van der Waals surface area contributed by atoms with Crippen LogP contribution in [0.15, 0.2) is 42.5 Å². The Labute approximate surface area is 170 Å². The van der Waals surface area contributed by atoms with E-state index in [1.54, 1.807) is 14.2 Å². The standard InChI is InChI=1S/C21H22ClNO3S/c1-4-13-26-18-10-5-15(14-19(18)24-2)11-12-23-21(27)20(25-3)16-6-8-17(22)9-7-16/h1,5-10,14,20H,11-13H2,2-3H3,(H,23,27). The molecule has 0 aliphatic carbocycles. The van der Waals surface area contributed by atoms with Gasteiger partial charge in [-0.25, -0.2) is 0 Å². The van der Waals surface area contributed by atoms with Gasteiger partial charge < -0.3 is 19.5 Å². The van der Waals surface area contributed by atoms with Gasteiger partial charge in [-0.2, -0.15) is 0 Å². The summed E-state index contributed by atoms with van der Waals surface area (Å²) in [5, 5.41) is 3.93. The number of hydrogen-bond acceptors (Lipinski definition) is 4. The lowest BCUT2D eigenvalue weighted by atomic mass is 10.1. The fraction of sp³-hybridized carbons (Fsp3) is 0.286. The van der Waals surface area contributed by atoms with Gasteiger partial charge in [0.2, 0.25) is 0 Å². The molecule has 4 nitrogen and oxygen atoms in total. The van der Waals surface area contributed by atoms with E-state index in [4.69, 9.17) is 44.5 Å². The summed E-state index contributed by atoms with van der Waals surface area (Å²) in [5.74, 6) is 3.72. The van der Waals surface area contributed by atoms with E-state index in [0.29, 0.717) is 28.1 Å². The highest BCUT2D eigenvalue weighted by Crippen LogP contribution is 2.28. The summed E-state index contributed by atoms with van der Waals surface area (Å²) in [6.45, 7) is 0.870. The van der Waals surface area contributed by atoms with Crippen molar-refractivity contribution in [3.63, 3.8) is 0 Å². The molecule has 2 aromatic carbocycles. The van der Waals surface area contributed by atoms with Gasteiger partial charge in [0, 0.05) is 18.7 Å². The van der Waals surface area contributed by atoms with Gasteiger partial charge in [-0.3, -0.25) is 0 Å². The Hall–Kier alpha value is -2.26. The zero-order chi connectivity index (χ0) is 19.6. The Kier molecular flexibility index (Phi) is 8.41. The first kappa shape index (κ1) is 21.0. The number of halogens is 1. The molecule has 0 aliphatic heterocycles. The monoisotopic (exact) mass is 403 g/mol. The molecule has 0 heterocycles. The van der Waals surface area contributed by atoms with E-state index in [-0.39, 0.29) is 12.7 Å². The summed E-state index contributed by atoms with van der Waals surface area (Å²) < 4.78 is 16.3. The molecule has 0 bridgehead atoms. The maximum absolute atomic E-state index is 5.94. The van der Waals surface area contributed by atoms with Crippen molar-refractivity contribution in [1.29, 1.82) is 0 Å². The highest BCUT2D eigenvalue weighted by atomic mass is 35.5. The third-order valence-corrected chi connectivity index (χ3v) is 4.51. The molecule has 0 aliphatic rings. The summed E-state index contributed by atoms with van der Waals surface area (Å²) in [7, 11) is 3.23. The summed E-state index contributed by atoms with van der Waals surface area (Å²) >= 11 is 11.4. The Morgan fingerprint density at radius 3 is 2.56 bits per heavy atom. The van der Waals surface area contributed by atoms with Crippen LogP contribution in [-0.4, -0.2) is 32.4 Å². The van der Waals surface area contributed by atoms with Crippen LogP contribution in [0.3, 0.4) is 0 Å². The first-order chi connectivity index (χ1) is 13.1. The van der Waals surface area contributed by atoms with Gasteiger partial charge in [-0.05, 0) is 41.8 Å². The molecule has 0 fully saturated rings. The fourth-order valence-electron chi connectivity index (χ4n) is 2.56. The quantitative estimate of drug-likeness (QED) is 0.501. The van der Waals surface area contributed by atoms with Gasteiger partial charge in [0.15, 0.2) is 11.5 Å². The lowest BCUT2D eigenvalue weighted by Crippen LogP contribution is -2.30. The smallest absolute Gasteiger partial charge is 0.162 e. The van der Waals surface area contributed by atoms with Crippen molar-refractivity contribution in [1.82, 2.24) is 5.32 Å². The molecule has 1 unspecified atom stereocenters. The minimum absolute atomic E-state index is 0.203. The van der Waals surface area contributed by atoms with Crippen LogP contribution in [-0.2, 0) is 11.2 Å². The Morgan fingerprint density at radius 2 is 1.93 bits per heavy atom. The van der Waals surface area contributed by atoms with E-state index in [1.807, 2.05) is 42.5 Å². The molecule has 0 saturated heterocycles. The maximum atomic E-state index is 5.94. The molecule has 0 spiro atoms. The van der Waals surface area contributed by atoms with Crippen molar-refractivity contribution in [2.75, 3.05) is 27.4 Å². The number of ether oxygens (including phenoxy) is 3. The second kappa shape index (κ2) is 10.8. The summed E-state index contributed by atoms with van der Waals surface area (Å²) in [4.78, 5) is 0.626. The molecule has 27 heavy (non-hydrogen) atoms. The lowest BCUT2D eigenvalue weighted by Gasteiger charge is -2.18. The molecule has 6 heteroatoms. The van der Waals surface area contributed by atoms with Crippen molar-refractivity contribution in [2.45, 2.75) is 12.5 Å².